The number of amides is 5. The van der Waals surface area contributed by atoms with Crippen LogP contribution in [0.3, 0.4) is 0 Å². The normalized spacial score (nSPS) is 12.5. The van der Waals surface area contributed by atoms with E-state index < -0.39 is 36.1 Å². The molecule has 0 saturated heterocycles. The van der Waals surface area contributed by atoms with Crippen molar-refractivity contribution in [2.24, 2.45) is 5.92 Å². The molecule has 1 aromatic rings. The van der Waals surface area contributed by atoms with Gasteiger partial charge in [-0.1, -0.05) is 32.0 Å². The number of benzene rings is 1. The van der Waals surface area contributed by atoms with Crippen molar-refractivity contribution in [3.8, 4) is 0 Å². The van der Waals surface area contributed by atoms with Crippen LogP contribution in [-0.2, 0) is 14.3 Å². The molecule has 0 fully saturated rings. The van der Waals surface area contributed by atoms with Crippen molar-refractivity contribution < 1.29 is 23.9 Å². The number of rotatable bonds is 6. The fourth-order valence-electron chi connectivity index (χ4n) is 1.90. The van der Waals surface area contributed by atoms with Gasteiger partial charge < -0.3 is 20.7 Å². The van der Waals surface area contributed by atoms with E-state index in [2.05, 4.69) is 16.0 Å². The Bertz CT molecular complexity index is 648. The summed E-state index contributed by atoms with van der Waals surface area (Å²) in [6, 6.07) is 6.48. The molecule has 0 aliphatic rings. The number of nitrogens with one attached hydrogen (secondary N) is 4. The number of hydrogen-bond acceptors (Lipinski definition) is 5. The summed E-state index contributed by atoms with van der Waals surface area (Å²) in [7, 11) is 1.35. The number of hydrogen-bond donors (Lipinski definition) is 4. The Morgan fingerprint density at radius 1 is 0.962 bits per heavy atom. The molecule has 9 nitrogen and oxygen atoms in total. The van der Waals surface area contributed by atoms with Gasteiger partial charge in [0.25, 0.3) is 5.91 Å². The molecule has 1 rings (SSSR count). The second-order valence-corrected chi connectivity index (χ2v) is 5.83. The van der Waals surface area contributed by atoms with Crippen molar-refractivity contribution in [3.05, 3.63) is 30.3 Å². The van der Waals surface area contributed by atoms with Gasteiger partial charge in [0.1, 0.15) is 6.04 Å². The first-order valence-electron chi connectivity index (χ1n) is 8.10. The molecule has 0 heterocycles. The van der Waals surface area contributed by atoms with Gasteiger partial charge in [-0.3, -0.25) is 10.1 Å². The van der Waals surface area contributed by atoms with E-state index in [4.69, 9.17) is 4.74 Å². The number of anilines is 1. The lowest BCUT2D eigenvalue weighted by Gasteiger charge is -2.23. The van der Waals surface area contributed by atoms with E-state index in [9.17, 15) is 19.2 Å². The lowest BCUT2D eigenvalue weighted by atomic mass is 10.0. The maximum absolute atomic E-state index is 12.3. The molecule has 1 aromatic carbocycles. The number of carbonyl (C=O) groups is 4. The molecule has 2 atom stereocenters. The molecule has 26 heavy (non-hydrogen) atoms. The second-order valence-electron chi connectivity index (χ2n) is 5.83. The SMILES string of the molecule is CNC(=O)NC(=O)[C@@H](C)OC(=O)[C@H](NC(=O)Nc1ccccc1)C(C)C. The zero-order valence-electron chi connectivity index (χ0n) is 15.2. The van der Waals surface area contributed by atoms with E-state index in [-0.39, 0.29) is 5.92 Å². The highest BCUT2D eigenvalue weighted by molar-refractivity contribution is 5.97. The molecule has 4 N–H and O–H groups in total. The molecule has 0 unspecified atom stereocenters. The van der Waals surface area contributed by atoms with Gasteiger partial charge in [0.15, 0.2) is 6.10 Å². The molecule has 0 bridgehead atoms. The van der Waals surface area contributed by atoms with Crippen LogP contribution in [0.2, 0.25) is 0 Å². The predicted octanol–water partition coefficient (Wildman–Crippen LogP) is 1.22. The lowest BCUT2D eigenvalue weighted by molar-refractivity contribution is -0.157. The Labute approximate surface area is 151 Å². The molecule has 9 heteroatoms. The van der Waals surface area contributed by atoms with Gasteiger partial charge in [0.2, 0.25) is 0 Å². The lowest BCUT2D eigenvalue weighted by Crippen LogP contribution is -2.49. The average Bonchev–Trinajstić information content (AvgIpc) is 2.59. The van der Waals surface area contributed by atoms with Crippen LogP contribution < -0.4 is 21.3 Å². The Hall–Kier alpha value is -3.10. The van der Waals surface area contributed by atoms with Gasteiger partial charge in [-0.05, 0) is 25.0 Å². The number of ether oxygens (including phenoxy) is 1. The molecule has 142 valence electrons. The molecule has 0 spiro atoms. The largest absolute Gasteiger partial charge is 0.451 e. The van der Waals surface area contributed by atoms with Crippen molar-refractivity contribution in [1.82, 2.24) is 16.0 Å². The highest BCUT2D eigenvalue weighted by atomic mass is 16.5. The van der Waals surface area contributed by atoms with E-state index in [1.165, 1.54) is 14.0 Å². The van der Waals surface area contributed by atoms with Gasteiger partial charge in [-0.15, -0.1) is 0 Å². The fraction of sp³-hybridized carbons (Fsp3) is 0.412. The summed E-state index contributed by atoms with van der Waals surface area (Å²) >= 11 is 0. The summed E-state index contributed by atoms with van der Waals surface area (Å²) < 4.78 is 5.06. The van der Waals surface area contributed by atoms with Crippen LogP contribution in [0.15, 0.2) is 30.3 Å². The quantitative estimate of drug-likeness (QED) is 0.565. The van der Waals surface area contributed by atoms with Crippen molar-refractivity contribution in [3.63, 3.8) is 0 Å². The minimum Gasteiger partial charge on any atom is -0.451 e. The van der Waals surface area contributed by atoms with Crippen LogP contribution in [0.5, 0.6) is 0 Å². The van der Waals surface area contributed by atoms with E-state index in [0.717, 1.165) is 0 Å². The number of para-hydroxylation sites is 1. The number of urea groups is 2. The van der Waals surface area contributed by atoms with Crippen molar-refractivity contribution in [2.75, 3.05) is 12.4 Å². The third-order valence-electron chi connectivity index (χ3n) is 3.36. The van der Waals surface area contributed by atoms with E-state index in [0.29, 0.717) is 5.69 Å². The summed E-state index contributed by atoms with van der Waals surface area (Å²) in [5, 5.41) is 9.36. The van der Waals surface area contributed by atoms with Crippen molar-refractivity contribution in [1.29, 1.82) is 0 Å². The van der Waals surface area contributed by atoms with Gasteiger partial charge in [-0.2, -0.15) is 0 Å². The molecule has 5 amide bonds. The van der Waals surface area contributed by atoms with E-state index in [1.54, 1.807) is 38.1 Å². The van der Waals surface area contributed by atoms with Crippen LogP contribution in [-0.4, -0.2) is 43.1 Å². The Morgan fingerprint density at radius 2 is 1.58 bits per heavy atom. The Kier molecular flexibility index (Phi) is 8.07. The zero-order valence-corrected chi connectivity index (χ0v) is 15.2. The van der Waals surface area contributed by atoms with Gasteiger partial charge >= 0.3 is 18.0 Å². The Balaban J connectivity index is 2.64. The average molecular weight is 364 g/mol. The maximum Gasteiger partial charge on any atom is 0.329 e. The molecular formula is C17H24N4O5. The van der Waals surface area contributed by atoms with Gasteiger partial charge in [0, 0.05) is 12.7 Å². The highest BCUT2D eigenvalue weighted by Gasteiger charge is 2.29. The zero-order chi connectivity index (χ0) is 19.7. The van der Waals surface area contributed by atoms with Crippen molar-refractivity contribution in [2.45, 2.75) is 32.9 Å². The highest BCUT2D eigenvalue weighted by Crippen LogP contribution is 2.08. The minimum atomic E-state index is -1.19. The molecule has 0 aromatic heterocycles. The number of carbonyl (C=O) groups excluding carboxylic acids is 4. The van der Waals surface area contributed by atoms with Crippen LogP contribution >= 0.6 is 0 Å². The smallest absolute Gasteiger partial charge is 0.329 e. The first-order valence-corrected chi connectivity index (χ1v) is 8.10. The van der Waals surface area contributed by atoms with Crippen molar-refractivity contribution >= 4 is 29.6 Å². The fourth-order valence-corrected chi connectivity index (χ4v) is 1.90. The van der Waals surface area contributed by atoms with E-state index >= 15 is 0 Å². The molecule has 0 aliphatic carbocycles. The van der Waals surface area contributed by atoms with Crippen LogP contribution in [0.4, 0.5) is 15.3 Å². The third-order valence-corrected chi connectivity index (χ3v) is 3.36. The molecule has 0 radical (unpaired) electrons. The second kappa shape index (κ2) is 10.0. The summed E-state index contributed by atoms with van der Waals surface area (Å²) in [5.41, 5.74) is 0.569. The van der Waals surface area contributed by atoms with Crippen LogP contribution in [0, 0.1) is 5.92 Å². The monoisotopic (exact) mass is 364 g/mol. The number of esters is 1. The van der Waals surface area contributed by atoms with E-state index in [1.807, 2.05) is 11.4 Å². The summed E-state index contributed by atoms with van der Waals surface area (Å²) in [4.78, 5) is 47.3. The molecule has 0 saturated carbocycles. The van der Waals surface area contributed by atoms with Gasteiger partial charge in [-0.25, -0.2) is 14.4 Å². The summed E-state index contributed by atoms with van der Waals surface area (Å²) in [6.45, 7) is 4.78. The van der Waals surface area contributed by atoms with Crippen LogP contribution in [0.1, 0.15) is 20.8 Å². The number of imide groups is 1. The standard InChI is InChI=1S/C17H24N4O5/c1-10(2)13(20-17(25)19-12-8-6-5-7-9-12)15(23)26-11(3)14(22)21-16(24)18-4/h5-11,13H,1-4H3,(H2,19,20,25)(H2,18,21,22,24)/t11-,13-/m1/s1. The first kappa shape index (κ1) is 20.9. The topological polar surface area (TPSA) is 126 Å². The predicted molar refractivity (Wildman–Crippen MR) is 95.4 cm³/mol. The minimum absolute atomic E-state index is 0.279. The summed E-state index contributed by atoms with van der Waals surface area (Å²) in [6.07, 6.45) is -1.19. The first-order chi connectivity index (χ1) is 12.2. The Morgan fingerprint density at radius 3 is 2.12 bits per heavy atom. The van der Waals surface area contributed by atoms with Gasteiger partial charge in [0.05, 0.1) is 0 Å². The molecule has 0 aliphatic heterocycles. The van der Waals surface area contributed by atoms with Crippen LogP contribution in [0.25, 0.3) is 0 Å². The maximum atomic E-state index is 12.3. The molecular weight excluding hydrogens is 340 g/mol. The third kappa shape index (κ3) is 6.80. The summed E-state index contributed by atoms with van der Waals surface area (Å²) in [5.74, 6) is -1.82.